The number of hydrogen-bond donors (Lipinski definition) is 1. The minimum absolute atomic E-state index is 0.250. The van der Waals surface area contributed by atoms with Crippen LogP contribution in [0.5, 0.6) is 5.88 Å². The Bertz CT molecular complexity index is 1060. The Kier molecular flexibility index (Phi) is 6.53. The van der Waals surface area contributed by atoms with Crippen LogP contribution in [0.4, 0.5) is 5.69 Å². The van der Waals surface area contributed by atoms with E-state index >= 15 is 0 Å². The largest absolute Gasteiger partial charge is 0.476 e. The highest BCUT2D eigenvalue weighted by atomic mass is 35.5. The van der Waals surface area contributed by atoms with Crippen LogP contribution in [0.2, 0.25) is 5.02 Å². The molecular weight excluding hydrogens is 414 g/mol. The number of nitrogens with zero attached hydrogens (tertiary/aromatic N) is 4. The van der Waals surface area contributed by atoms with Gasteiger partial charge >= 0.3 is 0 Å². The molecule has 1 fully saturated rings. The third-order valence-corrected chi connectivity index (χ3v) is 5.87. The van der Waals surface area contributed by atoms with Gasteiger partial charge in [-0.3, -0.25) is 9.69 Å². The summed E-state index contributed by atoms with van der Waals surface area (Å²) in [5.41, 5.74) is 2.87. The number of aromatic nitrogens is 3. The van der Waals surface area contributed by atoms with Crippen LogP contribution < -0.4 is 10.1 Å². The van der Waals surface area contributed by atoms with E-state index in [4.69, 9.17) is 16.3 Å². The Labute approximate surface area is 187 Å². The zero-order chi connectivity index (χ0) is 21.8. The number of carbonyl (C=O) groups excluding carboxylic acids is 1. The van der Waals surface area contributed by atoms with Crippen LogP contribution in [0.25, 0.3) is 11.4 Å². The monoisotopic (exact) mass is 439 g/mol. The summed E-state index contributed by atoms with van der Waals surface area (Å²) in [6.45, 7) is 5.75. The maximum absolute atomic E-state index is 12.7. The predicted molar refractivity (Wildman–Crippen MR) is 122 cm³/mol. The van der Waals surface area contributed by atoms with Gasteiger partial charge in [0.15, 0.2) is 0 Å². The number of halogens is 1. The second-order valence-electron chi connectivity index (χ2n) is 7.71. The average molecular weight is 440 g/mol. The number of aryl methyl sites for hydroxylation is 1. The summed E-state index contributed by atoms with van der Waals surface area (Å²) in [7, 11) is 1.93. The molecule has 8 heteroatoms. The Balaban J connectivity index is 1.39. The van der Waals surface area contributed by atoms with Gasteiger partial charge in [-0.1, -0.05) is 11.6 Å². The summed E-state index contributed by atoms with van der Waals surface area (Å²) in [5.74, 6) is 1.02. The molecular formula is C23H26ClN5O2. The van der Waals surface area contributed by atoms with E-state index in [9.17, 15) is 4.79 Å². The smallest absolute Gasteiger partial charge is 0.257 e. The molecule has 7 nitrogen and oxygen atoms in total. The lowest BCUT2D eigenvalue weighted by molar-refractivity contribution is 0.102. The second kappa shape index (κ2) is 9.49. The van der Waals surface area contributed by atoms with Crippen molar-refractivity contribution in [3.8, 4) is 17.3 Å². The number of imidazole rings is 1. The molecule has 0 atom stereocenters. The number of benzene rings is 1. The second-order valence-corrected chi connectivity index (χ2v) is 8.12. The SMILES string of the molecule is Cc1cnc(-c2cc(NC(=O)c3ccc(OCCN4CCCC4)nc3)ccc2Cl)n1C. The van der Waals surface area contributed by atoms with Crippen molar-refractivity contribution in [1.29, 1.82) is 0 Å². The van der Waals surface area contributed by atoms with Crippen LogP contribution in [0.1, 0.15) is 28.9 Å². The van der Waals surface area contributed by atoms with Gasteiger partial charge < -0.3 is 14.6 Å². The summed E-state index contributed by atoms with van der Waals surface area (Å²) in [6, 6.07) is 8.79. The van der Waals surface area contributed by atoms with Gasteiger partial charge in [0, 0.05) is 49.0 Å². The van der Waals surface area contributed by atoms with Gasteiger partial charge in [0.2, 0.25) is 5.88 Å². The lowest BCUT2D eigenvalue weighted by Crippen LogP contribution is -2.25. The quantitative estimate of drug-likeness (QED) is 0.598. The first-order valence-corrected chi connectivity index (χ1v) is 10.8. The fourth-order valence-electron chi connectivity index (χ4n) is 3.61. The van der Waals surface area contributed by atoms with Gasteiger partial charge in [-0.2, -0.15) is 0 Å². The van der Waals surface area contributed by atoms with Crippen LogP contribution >= 0.6 is 11.6 Å². The van der Waals surface area contributed by atoms with Crippen molar-refractivity contribution in [3.63, 3.8) is 0 Å². The molecule has 0 radical (unpaired) electrons. The van der Waals surface area contributed by atoms with Crippen LogP contribution in [0, 0.1) is 6.92 Å². The van der Waals surface area contributed by atoms with Crippen molar-refractivity contribution < 1.29 is 9.53 Å². The van der Waals surface area contributed by atoms with Crippen molar-refractivity contribution in [3.05, 3.63) is 59.0 Å². The molecule has 3 heterocycles. The van der Waals surface area contributed by atoms with E-state index in [1.165, 1.54) is 19.0 Å². The van der Waals surface area contributed by atoms with Crippen LogP contribution in [0.15, 0.2) is 42.7 Å². The van der Waals surface area contributed by atoms with E-state index in [-0.39, 0.29) is 5.91 Å². The summed E-state index contributed by atoms with van der Waals surface area (Å²) in [4.78, 5) is 23.7. The predicted octanol–water partition coefficient (Wildman–Crippen LogP) is 4.17. The lowest BCUT2D eigenvalue weighted by atomic mass is 10.1. The number of amides is 1. The molecule has 1 aromatic carbocycles. The molecule has 31 heavy (non-hydrogen) atoms. The van der Waals surface area contributed by atoms with Crippen LogP contribution in [0.3, 0.4) is 0 Å². The molecule has 4 rings (SSSR count). The summed E-state index contributed by atoms with van der Waals surface area (Å²) < 4.78 is 7.66. The normalized spacial score (nSPS) is 14.0. The van der Waals surface area contributed by atoms with Crippen LogP contribution in [-0.4, -0.2) is 51.6 Å². The number of pyridine rings is 1. The van der Waals surface area contributed by atoms with E-state index in [1.807, 2.05) is 24.6 Å². The number of rotatable bonds is 7. The third kappa shape index (κ3) is 5.06. The molecule has 1 aliphatic heterocycles. The maximum Gasteiger partial charge on any atom is 0.257 e. The molecule has 0 bridgehead atoms. The maximum atomic E-state index is 12.7. The zero-order valence-corrected chi connectivity index (χ0v) is 18.5. The van der Waals surface area contributed by atoms with Gasteiger partial charge in [-0.25, -0.2) is 9.97 Å². The molecule has 1 aliphatic rings. The zero-order valence-electron chi connectivity index (χ0n) is 17.8. The van der Waals surface area contributed by atoms with Gasteiger partial charge in [-0.15, -0.1) is 0 Å². The fraction of sp³-hybridized carbons (Fsp3) is 0.348. The molecule has 0 spiro atoms. The first-order chi connectivity index (χ1) is 15.0. The van der Waals surface area contributed by atoms with Crippen molar-refractivity contribution in [2.45, 2.75) is 19.8 Å². The van der Waals surface area contributed by atoms with E-state index in [0.717, 1.165) is 36.7 Å². The number of nitrogens with one attached hydrogen (secondary N) is 1. The first kappa shape index (κ1) is 21.3. The Morgan fingerprint density at radius 3 is 2.65 bits per heavy atom. The molecule has 3 aromatic rings. The lowest BCUT2D eigenvalue weighted by Gasteiger charge is -2.14. The Hall–Kier alpha value is -2.90. The van der Waals surface area contributed by atoms with Crippen molar-refractivity contribution >= 4 is 23.2 Å². The van der Waals surface area contributed by atoms with Crippen LogP contribution in [-0.2, 0) is 7.05 Å². The standard InChI is InChI=1S/C23H26ClN5O2/c1-16-14-26-22(28(16)2)19-13-18(6-7-20(19)24)27-23(30)17-5-8-21(25-15-17)31-12-11-29-9-3-4-10-29/h5-8,13-15H,3-4,9-12H2,1-2H3,(H,27,30). The number of carbonyl (C=O) groups is 1. The highest BCUT2D eigenvalue weighted by Crippen LogP contribution is 2.30. The number of ether oxygens (including phenoxy) is 1. The van der Waals surface area contributed by atoms with E-state index in [2.05, 4.69) is 20.2 Å². The summed E-state index contributed by atoms with van der Waals surface area (Å²) >= 11 is 6.37. The number of hydrogen-bond acceptors (Lipinski definition) is 5. The molecule has 1 amide bonds. The molecule has 1 saturated heterocycles. The van der Waals surface area contributed by atoms with Gasteiger partial charge in [0.05, 0.1) is 10.6 Å². The Morgan fingerprint density at radius 2 is 1.97 bits per heavy atom. The molecule has 2 aromatic heterocycles. The minimum atomic E-state index is -0.250. The summed E-state index contributed by atoms with van der Waals surface area (Å²) in [6.07, 6.45) is 5.84. The van der Waals surface area contributed by atoms with Crippen molar-refractivity contribution in [2.75, 3.05) is 31.6 Å². The first-order valence-electron chi connectivity index (χ1n) is 10.4. The Morgan fingerprint density at radius 1 is 1.16 bits per heavy atom. The number of anilines is 1. The highest BCUT2D eigenvalue weighted by molar-refractivity contribution is 6.33. The highest BCUT2D eigenvalue weighted by Gasteiger charge is 2.14. The number of likely N-dealkylation sites (tertiary alicyclic amines) is 1. The van der Waals surface area contributed by atoms with Gasteiger partial charge in [0.25, 0.3) is 5.91 Å². The van der Waals surface area contributed by atoms with E-state index < -0.39 is 0 Å². The van der Waals surface area contributed by atoms with Crippen molar-refractivity contribution in [2.24, 2.45) is 7.05 Å². The molecule has 162 valence electrons. The minimum Gasteiger partial charge on any atom is -0.476 e. The summed E-state index contributed by atoms with van der Waals surface area (Å²) in [5, 5.41) is 3.47. The topological polar surface area (TPSA) is 72.3 Å². The van der Waals surface area contributed by atoms with E-state index in [1.54, 1.807) is 30.5 Å². The average Bonchev–Trinajstić information content (AvgIpc) is 3.40. The molecule has 1 N–H and O–H groups in total. The van der Waals surface area contributed by atoms with E-state index in [0.29, 0.717) is 28.8 Å². The van der Waals surface area contributed by atoms with Gasteiger partial charge in [-0.05, 0) is 57.1 Å². The van der Waals surface area contributed by atoms with Gasteiger partial charge in [0.1, 0.15) is 12.4 Å². The molecule has 0 saturated carbocycles. The fourth-order valence-corrected chi connectivity index (χ4v) is 3.81. The third-order valence-electron chi connectivity index (χ3n) is 5.54. The molecule has 0 unspecified atom stereocenters. The van der Waals surface area contributed by atoms with Crippen molar-refractivity contribution in [1.82, 2.24) is 19.4 Å². The molecule has 0 aliphatic carbocycles.